The second kappa shape index (κ2) is 16.1. The lowest BCUT2D eigenvalue weighted by atomic mass is 9.80. The highest BCUT2D eigenvalue weighted by Crippen LogP contribution is 2.39. The van der Waals surface area contributed by atoms with Gasteiger partial charge in [0.2, 0.25) is 25.5 Å². The molecule has 16 heteroatoms. The van der Waals surface area contributed by atoms with Crippen LogP contribution in [-0.2, 0) is 38.1 Å². The van der Waals surface area contributed by atoms with Crippen LogP contribution in [0.4, 0.5) is 9.59 Å². The topological polar surface area (TPSA) is 228 Å². The van der Waals surface area contributed by atoms with Gasteiger partial charge in [-0.2, -0.15) is 0 Å². The maximum absolute atomic E-state index is 12.2. The molecular weight excluding hydrogens is 524 g/mol. The van der Waals surface area contributed by atoms with Crippen molar-refractivity contribution >= 4 is 42.0 Å². The third-order valence-electron chi connectivity index (χ3n) is 6.05. The van der Waals surface area contributed by atoms with Gasteiger partial charge in [0.05, 0.1) is 18.1 Å². The molecule has 1 rings (SSSR count). The molecule has 1 aliphatic carbocycles. The van der Waals surface area contributed by atoms with E-state index in [2.05, 4.69) is 39.9 Å². The number of aliphatic carboxylic acids is 1. The molecule has 1 saturated carbocycles. The fourth-order valence-corrected chi connectivity index (χ4v) is 4.31. The van der Waals surface area contributed by atoms with Gasteiger partial charge in [0, 0.05) is 32.7 Å². The first-order valence-electron chi connectivity index (χ1n) is 12.2. The number of alkyl carbamates (subject to hydrolysis) is 2. The van der Waals surface area contributed by atoms with Gasteiger partial charge in [0.25, 0.3) is 0 Å². The molecular formula is C23H36N4O12. The first-order chi connectivity index (χ1) is 18.3. The maximum Gasteiger partial charge on any atom is 0.416 e. The Morgan fingerprint density at radius 2 is 1.36 bits per heavy atom. The van der Waals surface area contributed by atoms with E-state index in [1.165, 1.54) is 6.92 Å². The average molecular weight is 561 g/mol. The normalized spacial score (nSPS) is 20.7. The number of aliphatic hydroxyl groups excluding tert-OH is 1. The molecule has 0 radical (unpaired) electrons. The molecule has 39 heavy (non-hydrogen) atoms. The standard InChI is InChI=1S/C23H36N4O12/c1-6-14(7-2)18(24-11(3)28)17-16(8-15(19(17)31)20(32)33)25-21(26-22(34)38-9-36-12(4)29)27-23(35)39-10-37-13(5)30/h14-19,31H,6-10H2,1-5H3,(H,24,28)(H,32,33)(H2,25,26,27,34,35)/t15-,16+,17+,18?,19+/m0/s1. The number of carboxylic acid groups (broad SMARTS) is 1. The van der Waals surface area contributed by atoms with Gasteiger partial charge in [-0.1, -0.05) is 26.7 Å². The minimum absolute atomic E-state index is 0.162. The summed E-state index contributed by atoms with van der Waals surface area (Å²) in [5, 5.41) is 27.7. The number of guanidine groups is 1. The fourth-order valence-electron chi connectivity index (χ4n) is 4.31. The molecule has 0 aromatic heterocycles. The van der Waals surface area contributed by atoms with Crippen LogP contribution in [-0.4, -0.2) is 83.9 Å². The van der Waals surface area contributed by atoms with E-state index in [4.69, 9.17) is 0 Å². The van der Waals surface area contributed by atoms with Crippen molar-refractivity contribution in [2.24, 2.45) is 22.7 Å². The Kier molecular flexibility index (Phi) is 13.7. The van der Waals surface area contributed by atoms with Gasteiger partial charge in [0.1, 0.15) is 0 Å². The molecule has 1 fully saturated rings. The number of ether oxygens (including phenoxy) is 4. The van der Waals surface area contributed by atoms with Gasteiger partial charge in [-0.05, 0) is 12.3 Å². The summed E-state index contributed by atoms with van der Waals surface area (Å²) in [4.78, 5) is 74.4. The van der Waals surface area contributed by atoms with Gasteiger partial charge in [-0.25, -0.2) is 14.6 Å². The Morgan fingerprint density at radius 3 is 1.74 bits per heavy atom. The highest BCUT2D eigenvalue weighted by Gasteiger charge is 2.51. The third kappa shape index (κ3) is 11.1. The van der Waals surface area contributed by atoms with Crippen LogP contribution in [0.1, 0.15) is 53.9 Å². The number of rotatable bonds is 11. The van der Waals surface area contributed by atoms with Crippen molar-refractivity contribution < 1.29 is 57.9 Å². The summed E-state index contributed by atoms with van der Waals surface area (Å²) in [7, 11) is 0. The summed E-state index contributed by atoms with van der Waals surface area (Å²) in [5.41, 5.74) is 0. The molecule has 1 aliphatic rings. The number of hydrogen-bond acceptors (Lipinski definition) is 12. The molecule has 0 aromatic carbocycles. The van der Waals surface area contributed by atoms with E-state index in [0.717, 1.165) is 13.8 Å². The van der Waals surface area contributed by atoms with Crippen molar-refractivity contribution in [1.82, 2.24) is 16.0 Å². The van der Waals surface area contributed by atoms with Crippen LogP contribution in [0, 0.1) is 17.8 Å². The Labute approximate surface area is 224 Å². The van der Waals surface area contributed by atoms with Crippen LogP contribution in [0.2, 0.25) is 0 Å². The second-order valence-corrected chi connectivity index (χ2v) is 8.72. The Bertz CT molecular complexity index is 900. The van der Waals surface area contributed by atoms with Crippen molar-refractivity contribution in [3.63, 3.8) is 0 Å². The van der Waals surface area contributed by atoms with Crippen molar-refractivity contribution in [3.05, 3.63) is 0 Å². The van der Waals surface area contributed by atoms with Crippen LogP contribution < -0.4 is 16.0 Å². The molecule has 3 amide bonds. The largest absolute Gasteiger partial charge is 0.481 e. The number of carbonyl (C=O) groups is 6. The van der Waals surface area contributed by atoms with Crippen LogP contribution in [0.15, 0.2) is 4.99 Å². The molecule has 0 spiro atoms. The quantitative estimate of drug-likeness (QED) is 0.0989. The van der Waals surface area contributed by atoms with Crippen molar-refractivity contribution in [1.29, 1.82) is 0 Å². The lowest BCUT2D eigenvalue weighted by molar-refractivity contribution is -0.150. The van der Waals surface area contributed by atoms with Gasteiger partial charge in [-0.15, -0.1) is 0 Å². The molecule has 16 nitrogen and oxygen atoms in total. The second-order valence-electron chi connectivity index (χ2n) is 8.72. The summed E-state index contributed by atoms with van der Waals surface area (Å²) >= 11 is 0. The smallest absolute Gasteiger partial charge is 0.416 e. The van der Waals surface area contributed by atoms with Crippen molar-refractivity contribution in [2.45, 2.75) is 72.1 Å². The van der Waals surface area contributed by atoms with Gasteiger partial charge >= 0.3 is 30.1 Å². The van der Waals surface area contributed by atoms with Crippen molar-refractivity contribution in [3.8, 4) is 0 Å². The number of carboxylic acids is 1. The van der Waals surface area contributed by atoms with Crippen LogP contribution in [0.3, 0.4) is 0 Å². The summed E-state index contributed by atoms with van der Waals surface area (Å²) in [5.74, 6) is -6.05. The van der Waals surface area contributed by atoms with E-state index in [1.54, 1.807) is 0 Å². The minimum Gasteiger partial charge on any atom is -0.481 e. The van der Waals surface area contributed by atoms with E-state index in [-0.39, 0.29) is 12.3 Å². The van der Waals surface area contributed by atoms with E-state index >= 15 is 0 Å². The predicted octanol–water partition coefficient (Wildman–Crippen LogP) is 0.227. The van der Waals surface area contributed by atoms with Crippen LogP contribution >= 0.6 is 0 Å². The van der Waals surface area contributed by atoms with Gasteiger partial charge in [0.15, 0.2) is 0 Å². The monoisotopic (exact) mass is 560 g/mol. The Hall–Kier alpha value is -3.95. The first-order valence-corrected chi connectivity index (χ1v) is 12.2. The van der Waals surface area contributed by atoms with E-state index in [9.17, 15) is 39.0 Å². The Morgan fingerprint density at radius 1 is 0.872 bits per heavy atom. The predicted molar refractivity (Wildman–Crippen MR) is 131 cm³/mol. The van der Waals surface area contributed by atoms with Crippen molar-refractivity contribution in [2.75, 3.05) is 13.6 Å². The number of aliphatic hydroxyl groups is 1. The van der Waals surface area contributed by atoms with Gasteiger partial charge < -0.3 is 34.5 Å². The number of nitrogens with zero attached hydrogens (tertiary/aromatic N) is 1. The van der Waals surface area contributed by atoms with Gasteiger partial charge in [-0.3, -0.25) is 29.8 Å². The number of nitrogens with one attached hydrogen (secondary N) is 3. The highest BCUT2D eigenvalue weighted by molar-refractivity contribution is 6.01. The van der Waals surface area contributed by atoms with E-state index in [1.807, 2.05) is 13.8 Å². The zero-order chi connectivity index (χ0) is 29.7. The lowest BCUT2D eigenvalue weighted by Crippen LogP contribution is -2.51. The zero-order valence-electron chi connectivity index (χ0n) is 22.4. The van der Waals surface area contributed by atoms with Crippen LogP contribution in [0.5, 0.6) is 0 Å². The minimum atomic E-state index is -1.43. The summed E-state index contributed by atoms with van der Waals surface area (Å²) in [6.07, 6.45) is -2.87. The number of amides is 3. The number of carbonyl (C=O) groups excluding carboxylic acids is 5. The fraction of sp³-hybridized carbons (Fsp3) is 0.696. The highest BCUT2D eigenvalue weighted by atomic mass is 16.7. The number of esters is 2. The van der Waals surface area contributed by atoms with E-state index < -0.39 is 85.6 Å². The molecule has 0 bridgehead atoms. The SMILES string of the molecule is CCC(CC)C(NC(C)=O)[C@@H]1[C@H](O)[C@@H](C(=O)O)C[C@H]1N=C(NC(=O)OCOC(C)=O)NC(=O)OCOC(C)=O. The Balaban J connectivity index is 3.38. The summed E-state index contributed by atoms with van der Waals surface area (Å²) in [6.45, 7) is 5.72. The molecule has 5 N–H and O–H groups in total. The average Bonchev–Trinajstić information content (AvgIpc) is 3.13. The zero-order valence-corrected chi connectivity index (χ0v) is 22.4. The summed E-state index contributed by atoms with van der Waals surface area (Å²) in [6, 6.07) is -1.71. The number of aliphatic imine (C=N–C) groups is 1. The summed E-state index contributed by atoms with van der Waals surface area (Å²) < 4.78 is 18.4. The van der Waals surface area contributed by atoms with Crippen LogP contribution in [0.25, 0.3) is 0 Å². The molecule has 0 aliphatic heterocycles. The lowest BCUT2D eigenvalue weighted by Gasteiger charge is -2.35. The molecule has 5 atom stereocenters. The first kappa shape index (κ1) is 33.1. The third-order valence-corrected chi connectivity index (χ3v) is 6.05. The molecule has 1 unspecified atom stereocenters. The number of hydrogen-bond donors (Lipinski definition) is 5. The molecule has 0 aromatic rings. The molecule has 220 valence electrons. The molecule has 0 saturated heterocycles. The molecule has 0 heterocycles. The maximum atomic E-state index is 12.2. The van der Waals surface area contributed by atoms with E-state index in [0.29, 0.717) is 12.8 Å².